The number of hydrogen-bond acceptors (Lipinski definition) is 4. The van der Waals surface area contributed by atoms with Crippen LogP contribution in [0.25, 0.3) is 11.0 Å². The summed E-state index contributed by atoms with van der Waals surface area (Å²) >= 11 is 5.58. The van der Waals surface area contributed by atoms with Gasteiger partial charge in [0, 0.05) is 37.0 Å². The first-order valence-corrected chi connectivity index (χ1v) is 9.41. The highest BCUT2D eigenvalue weighted by Gasteiger charge is 2.24. The van der Waals surface area contributed by atoms with Crippen molar-refractivity contribution in [3.05, 3.63) is 35.2 Å². The Morgan fingerprint density at radius 2 is 1.81 bits per heavy atom. The lowest BCUT2D eigenvalue weighted by atomic mass is 10.0. The molecule has 0 unspecified atom stereocenters. The fraction of sp³-hybridized carbons (Fsp3) is 0.474. The number of nitrogens with one attached hydrogen (secondary N) is 1. The van der Waals surface area contributed by atoms with Gasteiger partial charge in [0.2, 0.25) is 5.91 Å². The first-order valence-electron chi connectivity index (χ1n) is 8.87. The topological polar surface area (TPSA) is 75.2 Å². The molecule has 3 rings (SSSR count). The molecule has 1 aliphatic heterocycles. The number of alkyl halides is 1. The van der Waals surface area contributed by atoms with E-state index in [1.165, 1.54) is 0 Å². The molecule has 1 aliphatic rings. The number of aromatic nitrogens is 2. The van der Waals surface area contributed by atoms with Gasteiger partial charge in [0.15, 0.2) is 0 Å². The number of carbonyl (C=O) groups is 2. The number of benzene rings is 1. The summed E-state index contributed by atoms with van der Waals surface area (Å²) in [6, 6.07) is 5.58. The minimum Gasteiger partial charge on any atom is -0.353 e. The Morgan fingerprint density at radius 1 is 1.15 bits per heavy atom. The summed E-state index contributed by atoms with van der Waals surface area (Å²) in [4.78, 5) is 35.3. The number of hydrogen-bond donors (Lipinski definition) is 1. The summed E-state index contributed by atoms with van der Waals surface area (Å²) in [5.41, 5.74) is 3.93. The van der Waals surface area contributed by atoms with Crippen LogP contribution in [0.5, 0.6) is 0 Å². The molecule has 0 spiro atoms. The van der Waals surface area contributed by atoms with E-state index in [2.05, 4.69) is 15.3 Å². The molecule has 2 heterocycles. The lowest BCUT2D eigenvalue weighted by Crippen LogP contribution is -2.46. The standard InChI is InChI=1S/C19H23ClN4O2/c1-12-13(2)22-17-11-14(3-4-16(17)21-12)19(26)24-9-6-15(7-10-24)23-18(25)5-8-20/h3-4,11,15H,5-10H2,1-2H3,(H,23,25). The third kappa shape index (κ3) is 4.12. The number of amides is 2. The Balaban J connectivity index is 1.66. The van der Waals surface area contributed by atoms with E-state index in [1.54, 1.807) is 0 Å². The Bertz CT molecular complexity index is 832. The summed E-state index contributed by atoms with van der Waals surface area (Å²) in [5.74, 6) is 0.300. The third-order valence-electron chi connectivity index (χ3n) is 4.79. The molecule has 0 aliphatic carbocycles. The minimum absolute atomic E-state index is 0.00235. The largest absolute Gasteiger partial charge is 0.353 e. The molecular weight excluding hydrogens is 352 g/mol. The van der Waals surface area contributed by atoms with Crippen LogP contribution in [0.15, 0.2) is 18.2 Å². The number of halogens is 1. The first-order chi connectivity index (χ1) is 12.5. The van der Waals surface area contributed by atoms with Crippen LogP contribution in [0.2, 0.25) is 0 Å². The maximum Gasteiger partial charge on any atom is 0.253 e. The molecule has 26 heavy (non-hydrogen) atoms. The van der Waals surface area contributed by atoms with Gasteiger partial charge in [-0.25, -0.2) is 9.97 Å². The predicted molar refractivity (Wildman–Crippen MR) is 101 cm³/mol. The number of carbonyl (C=O) groups excluding carboxylic acids is 2. The molecule has 1 aromatic carbocycles. The number of rotatable bonds is 4. The van der Waals surface area contributed by atoms with Gasteiger partial charge in [0.05, 0.1) is 22.4 Å². The van der Waals surface area contributed by atoms with Crippen LogP contribution in [0.3, 0.4) is 0 Å². The number of likely N-dealkylation sites (tertiary alicyclic amines) is 1. The number of piperidine rings is 1. The summed E-state index contributed by atoms with van der Waals surface area (Å²) in [6.45, 7) is 5.10. The lowest BCUT2D eigenvalue weighted by molar-refractivity contribution is -0.121. The van der Waals surface area contributed by atoms with Gasteiger partial charge >= 0.3 is 0 Å². The van der Waals surface area contributed by atoms with Crippen molar-refractivity contribution in [3.8, 4) is 0 Å². The summed E-state index contributed by atoms with van der Waals surface area (Å²) in [6.07, 6.45) is 1.84. The number of fused-ring (bicyclic) bond motifs is 1. The Hall–Kier alpha value is -2.21. The van der Waals surface area contributed by atoms with Crippen LogP contribution in [0.4, 0.5) is 0 Å². The SMILES string of the molecule is Cc1nc2ccc(C(=O)N3CCC(NC(=O)CCCl)CC3)cc2nc1C. The summed E-state index contributed by atoms with van der Waals surface area (Å²) in [5, 5.41) is 2.98. The zero-order chi connectivity index (χ0) is 18.7. The van der Waals surface area contributed by atoms with Crippen molar-refractivity contribution in [2.24, 2.45) is 0 Å². The second kappa shape index (κ2) is 7.99. The van der Waals surface area contributed by atoms with E-state index < -0.39 is 0 Å². The summed E-state index contributed by atoms with van der Waals surface area (Å²) < 4.78 is 0. The molecule has 7 heteroatoms. The highest BCUT2D eigenvalue weighted by molar-refractivity contribution is 6.18. The van der Waals surface area contributed by atoms with E-state index in [4.69, 9.17) is 11.6 Å². The molecule has 2 aromatic rings. The lowest BCUT2D eigenvalue weighted by Gasteiger charge is -2.32. The molecule has 1 saturated heterocycles. The van der Waals surface area contributed by atoms with Crippen LogP contribution in [0, 0.1) is 13.8 Å². The molecule has 1 fully saturated rings. The molecule has 0 atom stereocenters. The van der Waals surface area contributed by atoms with Crippen molar-refractivity contribution in [1.82, 2.24) is 20.2 Å². The van der Waals surface area contributed by atoms with Crippen molar-refractivity contribution >= 4 is 34.4 Å². The van der Waals surface area contributed by atoms with E-state index in [1.807, 2.05) is 36.9 Å². The van der Waals surface area contributed by atoms with Crippen molar-refractivity contribution in [2.45, 2.75) is 39.2 Å². The zero-order valence-electron chi connectivity index (χ0n) is 15.1. The van der Waals surface area contributed by atoms with Gasteiger partial charge in [-0.3, -0.25) is 9.59 Å². The molecule has 0 radical (unpaired) electrons. The Labute approximate surface area is 157 Å². The maximum absolute atomic E-state index is 12.8. The second-order valence-corrected chi connectivity index (χ2v) is 7.05. The monoisotopic (exact) mass is 374 g/mol. The van der Waals surface area contributed by atoms with Crippen LogP contribution in [0.1, 0.15) is 41.0 Å². The first kappa shape index (κ1) is 18.6. The van der Waals surface area contributed by atoms with Crippen molar-refractivity contribution in [3.63, 3.8) is 0 Å². The smallest absolute Gasteiger partial charge is 0.253 e. The van der Waals surface area contributed by atoms with Gasteiger partial charge in [-0.05, 0) is 44.9 Å². The van der Waals surface area contributed by atoms with E-state index in [-0.39, 0.29) is 17.9 Å². The minimum atomic E-state index is -0.0245. The summed E-state index contributed by atoms with van der Waals surface area (Å²) in [7, 11) is 0. The van der Waals surface area contributed by atoms with Gasteiger partial charge in [0.1, 0.15) is 0 Å². The van der Waals surface area contributed by atoms with Gasteiger partial charge < -0.3 is 10.2 Å². The van der Waals surface area contributed by atoms with E-state index >= 15 is 0 Å². The molecule has 1 N–H and O–H groups in total. The van der Waals surface area contributed by atoms with Gasteiger partial charge in [-0.2, -0.15) is 0 Å². The quantitative estimate of drug-likeness (QED) is 0.834. The van der Waals surface area contributed by atoms with E-state index in [0.717, 1.165) is 35.3 Å². The highest BCUT2D eigenvalue weighted by Crippen LogP contribution is 2.18. The van der Waals surface area contributed by atoms with E-state index in [9.17, 15) is 9.59 Å². The van der Waals surface area contributed by atoms with Crippen LogP contribution >= 0.6 is 11.6 Å². The molecule has 6 nitrogen and oxygen atoms in total. The zero-order valence-corrected chi connectivity index (χ0v) is 15.8. The van der Waals surface area contributed by atoms with Crippen LogP contribution < -0.4 is 5.32 Å². The van der Waals surface area contributed by atoms with Crippen molar-refractivity contribution < 1.29 is 9.59 Å². The second-order valence-electron chi connectivity index (χ2n) is 6.67. The Kier molecular flexibility index (Phi) is 5.71. The van der Waals surface area contributed by atoms with Crippen molar-refractivity contribution in [2.75, 3.05) is 19.0 Å². The fourth-order valence-electron chi connectivity index (χ4n) is 3.16. The molecule has 0 bridgehead atoms. The van der Waals surface area contributed by atoms with Gasteiger partial charge in [-0.1, -0.05) is 0 Å². The number of aryl methyl sites for hydroxylation is 2. The molecule has 1 aromatic heterocycles. The Morgan fingerprint density at radius 3 is 2.46 bits per heavy atom. The third-order valence-corrected chi connectivity index (χ3v) is 4.98. The highest BCUT2D eigenvalue weighted by atomic mass is 35.5. The molecule has 0 saturated carbocycles. The fourth-order valence-corrected chi connectivity index (χ4v) is 3.33. The molecule has 2 amide bonds. The predicted octanol–water partition coefficient (Wildman–Crippen LogP) is 2.60. The van der Waals surface area contributed by atoms with Crippen molar-refractivity contribution in [1.29, 1.82) is 0 Å². The van der Waals surface area contributed by atoms with E-state index in [0.29, 0.717) is 31.0 Å². The maximum atomic E-state index is 12.8. The average molecular weight is 375 g/mol. The van der Waals surface area contributed by atoms with Gasteiger partial charge in [-0.15, -0.1) is 11.6 Å². The van der Waals surface area contributed by atoms with Gasteiger partial charge in [0.25, 0.3) is 5.91 Å². The average Bonchev–Trinajstić information content (AvgIpc) is 2.62. The number of nitrogens with zero attached hydrogens (tertiary/aromatic N) is 3. The van der Waals surface area contributed by atoms with Crippen LogP contribution in [-0.2, 0) is 4.79 Å². The van der Waals surface area contributed by atoms with Crippen LogP contribution in [-0.4, -0.2) is 51.7 Å². The molecule has 138 valence electrons. The molecular formula is C19H23ClN4O2. The normalized spacial score (nSPS) is 15.3.